The fraction of sp³-hybridized carbons (Fsp3) is 0.235. The second-order valence-corrected chi connectivity index (χ2v) is 8.90. The van der Waals surface area contributed by atoms with Gasteiger partial charge in [-0.1, -0.05) is 41.4 Å². The summed E-state index contributed by atoms with van der Waals surface area (Å²) < 4.78 is 27.5. The summed E-state index contributed by atoms with van der Waals surface area (Å²) in [4.78, 5) is 12.7. The zero-order valence-corrected chi connectivity index (χ0v) is 17.1. The molecule has 0 spiro atoms. The molecule has 140 valence electrons. The van der Waals surface area contributed by atoms with Crippen molar-refractivity contribution in [1.29, 1.82) is 0 Å². The van der Waals surface area contributed by atoms with Gasteiger partial charge in [-0.2, -0.15) is 16.5 Å². The molecule has 5 nitrogen and oxygen atoms in total. The van der Waals surface area contributed by atoms with Crippen LogP contribution in [-0.2, 0) is 14.8 Å². The Morgan fingerprint density at radius 3 is 2.42 bits per heavy atom. The lowest BCUT2D eigenvalue weighted by atomic mass is 10.2. The van der Waals surface area contributed by atoms with E-state index in [1.165, 1.54) is 30.0 Å². The van der Waals surface area contributed by atoms with Gasteiger partial charge in [0.05, 0.1) is 14.9 Å². The first-order chi connectivity index (χ1) is 12.3. The van der Waals surface area contributed by atoms with E-state index in [0.717, 1.165) is 0 Å². The van der Waals surface area contributed by atoms with E-state index in [1.54, 1.807) is 30.3 Å². The summed E-state index contributed by atoms with van der Waals surface area (Å²) in [6.07, 6.45) is 2.24. The maximum absolute atomic E-state index is 12.6. The summed E-state index contributed by atoms with van der Waals surface area (Å²) in [5, 5.41) is 3.34. The van der Waals surface area contributed by atoms with Crippen molar-refractivity contribution in [3.63, 3.8) is 0 Å². The number of hydrogen-bond donors (Lipinski definition) is 2. The van der Waals surface area contributed by atoms with Crippen molar-refractivity contribution in [2.24, 2.45) is 0 Å². The van der Waals surface area contributed by atoms with Gasteiger partial charge in [0.15, 0.2) is 0 Å². The van der Waals surface area contributed by atoms with E-state index in [-0.39, 0.29) is 4.90 Å². The zero-order chi connectivity index (χ0) is 19.2. The molecule has 0 aliphatic heterocycles. The lowest BCUT2D eigenvalue weighted by molar-refractivity contribution is -0.117. The van der Waals surface area contributed by atoms with Crippen LogP contribution in [0.2, 0.25) is 10.0 Å². The number of nitrogens with one attached hydrogen (secondary N) is 2. The Labute approximate surface area is 167 Å². The van der Waals surface area contributed by atoms with Gasteiger partial charge >= 0.3 is 0 Å². The Balaban J connectivity index is 2.17. The Morgan fingerprint density at radius 1 is 1.12 bits per heavy atom. The van der Waals surface area contributed by atoms with Crippen LogP contribution in [0.1, 0.15) is 6.42 Å². The lowest BCUT2D eigenvalue weighted by Gasteiger charge is -2.18. The Kier molecular flexibility index (Phi) is 7.79. The first-order valence-electron chi connectivity index (χ1n) is 7.65. The molecule has 2 aromatic rings. The molecule has 1 unspecified atom stereocenters. The summed E-state index contributed by atoms with van der Waals surface area (Å²) in [6.45, 7) is 0. The third-order valence-electron chi connectivity index (χ3n) is 3.47. The van der Waals surface area contributed by atoms with Crippen molar-refractivity contribution in [1.82, 2.24) is 4.72 Å². The van der Waals surface area contributed by atoms with Crippen molar-refractivity contribution >= 4 is 56.6 Å². The number of amides is 1. The molecule has 0 aromatic heterocycles. The summed E-state index contributed by atoms with van der Waals surface area (Å²) in [6, 6.07) is 11.7. The van der Waals surface area contributed by atoms with Crippen LogP contribution in [0.5, 0.6) is 0 Å². The molecule has 0 heterocycles. The number of benzene rings is 2. The molecule has 0 bridgehead atoms. The minimum atomic E-state index is -3.81. The van der Waals surface area contributed by atoms with Gasteiger partial charge in [0.1, 0.15) is 6.04 Å². The van der Waals surface area contributed by atoms with Crippen LogP contribution < -0.4 is 10.0 Å². The normalized spacial score (nSPS) is 12.6. The molecule has 26 heavy (non-hydrogen) atoms. The standard InChI is InChI=1S/C17H18Cl2N2O3S2/c1-25-10-9-16(21-26(23,24)13-5-3-2-4-6-13)17(22)20-12-7-8-14(18)15(19)11-12/h2-8,11,16,21H,9-10H2,1H3,(H,20,22). The lowest BCUT2D eigenvalue weighted by Crippen LogP contribution is -2.44. The van der Waals surface area contributed by atoms with E-state index in [1.807, 2.05) is 6.26 Å². The predicted octanol–water partition coefficient (Wildman–Crippen LogP) is 4.03. The molecular weight excluding hydrogens is 415 g/mol. The maximum Gasteiger partial charge on any atom is 0.242 e. The second kappa shape index (κ2) is 9.62. The van der Waals surface area contributed by atoms with Gasteiger partial charge in [0.25, 0.3) is 0 Å². The zero-order valence-electron chi connectivity index (χ0n) is 13.9. The van der Waals surface area contributed by atoms with Crippen molar-refractivity contribution in [3.8, 4) is 0 Å². The fourth-order valence-electron chi connectivity index (χ4n) is 2.14. The summed E-state index contributed by atoms with van der Waals surface area (Å²) >= 11 is 13.3. The summed E-state index contributed by atoms with van der Waals surface area (Å²) in [5.41, 5.74) is 0.442. The number of thioether (sulfide) groups is 1. The topological polar surface area (TPSA) is 75.3 Å². The van der Waals surface area contributed by atoms with Crippen LogP contribution in [0.15, 0.2) is 53.4 Å². The van der Waals surface area contributed by atoms with Gasteiger partial charge in [0, 0.05) is 5.69 Å². The highest BCUT2D eigenvalue weighted by Gasteiger charge is 2.25. The number of carbonyl (C=O) groups excluding carboxylic acids is 1. The van der Waals surface area contributed by atoms with E-state index in [0.29, 0.717) is 27.9 Å². The highest BCUT2D eigenvalue weighted by molar-refractivity contribution is 7.98. The first kappa shape index (κ1) is 21.1. The summed E-state index contributed by atoms with van der Waals surface area (Å²) in [7, 11) is -3.81. The van der Waals surface area contributed by atoms with Crippen molar-refractivity contribution in [2.75, 3.05) is 17.3 Å². The van der Waals surface area contributed by atoms with Crippen molar-refractivity contribution < 1.29 is 13.2 Å². The Morgan fingerprint density at radius 2 is 1.81 bits per heavy atom. The largest absolute Gasteiger partial charge is 0.325 e. The predicted molar refractivity (Wildman–Crippen MR) is 109 cm³/mol. The quantitative estimate of drug-likeness (QED) is 0.659. The molecular formula is C17H18Cl2N2O3S2. The minimum absolute atomic E-state index is 0.108. The maximum atomic E-state index is 12.6. The molecule has 0 fully saturated rings. The molecule has 1 atom stereocenters. The number of halogens is 2. The van der Waals surface area contributed by atoms with E-state index in [4.69, 9.17) is 23.2 Å². The van der Waals surface area contributed by atoms with Gasteiger partial charge < -0.3 is 5.32 Å². The summed E-state index contributed by atoms with van der Waals surface area (Å²) in [5.74, 6) is 0.161. The van der Waals surface area contributed by atoms with E-state index in [2.05, 4.69) is 10.0 Å². The van der Waals surface area contributed by atoms with Gasteiger partial charge in [0.2, 0.25) is 15.9 Å². The molecule has 0 saturated carbocycles. The third kappa shape index (κ3) is 5.89. The number of anilines is 1. The minimum Gasteiger partial charge on any atom is -0.325 e. The average molecular weight is 433 g/mol. The molecule has 0 aliphatic rings. The van der Waals surface area contributed by atoms with Crippen LogP contribution in [-0.4, -0.2) is 32.4 Å². The number of rotatable bonds is 8. The molecule has 0 radical (unpaired) electrons. The molecule has 0 saturated heterocycles. The van der Waals surface area contributed by atoms with E-state index >= 15 is 0 Å². The average Bonchev–Trinajstić information content (AvgIpc) is 2.62. The first-order valence-corrected chi connectivity index (χ1v) is 11.3. The van der Waals surface area contributed by atoms with Crippen molar-refractivity contribution in [3.05, 3.63) is 58.6 Å². The molecule has 2 aromatic carbocycles. The van der Waals surface area contributed by atoms with E-state index in [9.17, 15) is 13.2 Å². The van der Waals surface area contributed by atoms with Gasteiger partial charge in [-0.3, -0.25) is 4.79 Å². The van der Waals surface area contributed by atoms with Crippen LogP contribution >= 0.6 is 35.0 Å². The molecule has 9 heteroatoms. The third-order valence-corrected chi connectivity index (χ3v) is 6.34. The number of carbonyl (C=O) groups is 1. The second-order valence-electron chi connectivity index (χ2n) is 5.39. The SMILES string of the molecule is CSCCC(NS(=O)(=O)c1ccccc1)C(=O)Nc1ccc(Cl)c(Cl)c1. The van der Waals surface area contributed by atoms with Gasteiger partial charge in [-0.05, 0) is 48.8 Å². The van der Waals surface area contributed by atoms with Crippen LogP contribution in [0, 0.1) is 0 Å². The van der Waals surface area contributed by atoms with Gasteiger partial charge in [-0.15, -0.1) is 0 Å². The molecule has 2 N–H and O–H groups in total. The molecule has 1 amide bonds. The van der Waals surface area contributed by atoms with Gasteiger partial charge in [-0.25, -0.2) is 8.42 Å². The highest BCUT2D eigenvalue weighted by Crippen LogP contribution is 2.25. The van der Waals surface area contributed by atoms with Crippen LogP contribution in [0.3, 0.4) is 0 Å². The van der Waals surface area contributed by atoms with Crippen LogP contribution in [0.4, 0.5) is 5.69 Å². The molecule has 2 rings (SSSR count). The Bertz CT molecular complexity index is 862. The fourth-order valence-corrected chi connectivity index (χ4v) is 4.16. The molecule has 0 aliphatic carbocycles. The van der Waals surface area contributed by atoms with Crippen LogP contribution in [0.25, 0.3) is 0 Å². The van der Waals surface area contributed by atoms with E-state index < -0.39 is 22.0 Å². The van der Waals surface area contributed by atoms with Crippen molar-refractivity contribution in [2.45, 2.75) is 17.4 Å². The Hall–Kier alpha value is -1.25. The number of hydrogen-bond acceptors (Lipinski definition) is 4. The highest BCUT2D eigenvalue weighted by atomic mass is 35.5. The monoisotopic (exact) mass is 432 g/mol. The smallest absolute Gasteiger partial charge is 0.242 e. The number of sulfonamides is 1.